The minimum absolute atomic E-state index is 0.143. The number of nitriles is 2. The van der Waals surface area contributed by atoms with Crippen LogP contribution in [0, 0.1) is 22.7 Å². The van der Waals surface area contributed by atoms with E-state index in [1.165, 1.54) is 0 Å². The van der Waals surface area contributed by atoms with Gasteiger partial charge in [-0.2, -0.15) is 10.5 Å². The summed E-state index contributed by atoms with van der Waals surface area (Å²) in [5, 5.41) is 19.8. The second kappa shape index (κ2) is 4.61. The highest BCUT2D eigenvalue weighted by Crippen LogP contribution is 2.24. The van der Waals surface area contributed by atoms with Crippen molar-refractivity contribution < 1.29 is 0 Å². The Hall–Kier alpha value is -2.78. The van der Waals surface area contributed by atoms with Crippen molar-refractivity contribution in [3.05, 3.63) is 47.5 Å². The van der Waals surface area contributed by atoms with E-state index < -0.39 is 0 Å². The highest BCUT2D eigenvalue weighted by atomic mass is 14.5. The van der Waals surface area contributed by atoms with E-state index in [0.717, 1.165) is 22.0 Å². The number of rotatable bonds is 1. The molecule has 0 amide bonds. The van der Waals surface area contributed by atoms with Crippen LogP contribution in [0.25, 0.3) is 16.3 Å². The quantitative estimate of drug-likeness (QED) is 0.607. The summed E-state index contributed by atoms with van der Waals surface area (Å²) in [7, 11) is 0. The molecule has 2 N–H and O–H groups in total. The van der Waals surface area contributed by atoms with Crippen LogP contribution < -0.4 is 5.73 Å². The Kier molecular flexibility index (Phi) is 3.00. The number of allylic oxidation sites excluding steroid dienone is 2. The Bertz CT molecular complexity index is 711. The topological polar surface area (TPSA) is 73.6 Å². The summed E-state index contributed by atoms with van der Waals surface area (Å²) >= 11 is 0. The Morgan fingerprint density at radius 3 is 2.28 bits per heavy atom. The van der Waals surface area contributed by atoms with Crippen molar-refractivity contribution in [1.82, 2.24) is 0 Å². The molecule has 0 aliphatic heterocycles. The zero-order chi connectivity index (χ0) is 13.1. The van der Waals surface area contributed by atoms with Crippen molar-refractivity contribution in [1.29, 1.82) is 10.5 Å². The van der Waals surface area contributed by atoms with Crippen molar-refractivity contribution in [2.45, 2.75) is 6.92 Å². The molecule has 0 atom stereocenters. The molecular weight excluding hydrogens is 222 g/mol. The van der Waals surface area contributed by atoms with Gasteiger partial charge >= 0.3 is 0 Å². The van der Waals surface area contributed by atoms with Gasteiger partial charge in [0.15, 0.2) is 0 Å². The van der Waals surface area contributed by atoms with Crippen LogP contribution >= 0.6 is 0 Å². The lowest BCUT2D eigenvalue weighted by Crippen LogP contribution is -1.87. The van der Waals surface area contributed by atoms with Crippen LogP contribution in [-0.4, -0.2) is 0 Å². The first-order valence-electron chi connectivity index (χ1n) is 5.46. The number of benzene rings is 2. The van der Waals surface area contributed by atoms with Crippen LogP contribution in [0.15, 0.2) is 42.0 Å². The van der Waals surface area contributed by atoms with Gasteiger partial charge in [0.2, 0.25) is 0 Å². The molecule has 0 saturated heterocycles. The Morgan fingerprint density at radius 1 is 1.00 bits per heavy atom. The van der Waals surface area contributed by atoms with Gasteiger partial charge in [0.1, 0.15) is 17.7 Å². The van der Waals surface area contributed by atoms with Crippen LogP contribution in [0.1, 0.15) is 12.5 Å². The van der Waals surface area contributed by atoms with Gasteiger partial charge in [-0.15, -0.1) is 0 Å². The zero-order valence-electron chi connectivity index (χ0n) is 9.94. The van der Waals surface area contributed by atoms with Gasteiger partial charge in [-0.05, 0) is 47.0 Å². The highest BCUT2D eigenvalue weighted by molar-refractivity contribution is 5.89. The van der Waals surface area contributed by atoms with Crippen LogP contribution in [0.3, 0.4) is 0 Å². The Morgan fingerprint density at radius 2 is 1.61 bits per heavy atom. The number of hydrogen-bond donors (Lipinski definition) is 1. The molecule has 18 heavy (non-hydrogen) atoms. The van der Waals surface area contributed by atoms with Crippen LogP contribution in [0.2, 0.25) is 0 Å². The SMILES string of the molecule is CC(=C(C#N)C#N)c1ccc2cc(N)ccc2c1. The average molecular weight is 233 g/mol. The summed E-state index contributed by atoms with van der Waals surface area (Å²) in [4.78, 5) is 0. The van der Waals surface area contributed by atoms with E-state index in [0.29, 0.717) is 5.57 Å². The molecule has 2 aromatic rings. The summed E-state index contributed by atoms with van der Waals surface area (Å²) < 4.78 is 0. The molecule has 86 valence electrons. The number of nitrogens with zero attached hydrogens (tertiary/aromatic N) is 2. The first-order chi connectivity index (χ1) is 8.65. The van der Waals surface area contributed by atoms with Crippen LogP contribution in [0.4, 0.5) is 5.69 Å². The molecule has 0 aromatic heterocycles. The van der Waals surface area contributed by atoms with Crippen molar-refractivity contribution >= 4 is 22.0 Å². The smallest absolute Gasteiger partial charge is 0.133 e. The van der Waals surface area contributed by atoms with Gasteiger partial charge in [-0.3, -0.25) is 0 Å². The summed E-state index contributed by atoms with van der Waals surface area (Å²) in [6.45, 7) is 1.78. The van der Waals surface area contributed by atoms with E-state index in [2.05, 4.69) is 0 Å². The second-order valence-corrected chi connectivity index (χ2v) is 4.04. The predicted octanol–water partition coefficient (Wildman–Crippen LogP) is 3.24. The molecule has 3 heteroatoms. The van der Waals surface area contributed by atoms with Crippen LogP contribution in [-0.2, 0) is 0 Å². The number of hydrogen-bond acceptors (Lipinski definition) is 3. The van der Waals surface area contributed by atoms with Crippen molar-refractivity contribution in [3.63, 3.8) is 0 Å². The van der Waals surface area contributed by atoms with E-state index in [-0.39, 0.29) is 5.57 Å². The van der Waals surface area contributed by atoms with E-state index in [1.807, 2.05) is 48.5 Å². The third kappa shape index (κ3) is 2.03. The molecule has 0 bridgehead atoms. The van der Waals surface area contributed by atoms with Crippen molar-refractivity contribution in [2.24, 2.45) is 0 Å². The van der Waals surface area contributed by atoms with Crippen molar-refractivity contribution in [3.8, 4) is 12.1 Å². The molecule has 0 fully saturated rings. The van der Waals surface area contributed by atoms with Gasteiger partial charge < -0.3 is 5.73 Å². The predicted molar refractivity (Wildman–Crippen MR) is 72.2 cm³/mol. The molecule has 0 aliphatic carbocycles. The monoisotopic (exact) mass is 233 g/mol. The summed E-state index contributed by atoms with van der Waals surface area (Å²) in [6.07, 6.45) is 0. The van der Waals surface area contributed by atoms with Gasteiger partial charge in [0, 0.05) is 5.69 Å². The van der Waals surface area contributed by atoms with Gasteiger partial charge in [-0.1, -0.05) is 18.2 Å². The Balaban J connectivity index is 2.63. The third-order valence-corrected chi connectivity index (χ3v) is 2.90. The minimum atomic E-state index is 0.143. The van der Waals surface area contributed by atoms with E-state index in [4.69, 9.17) is 16.3 Å². The number of anilines is 1. The molecule has 2 rings (SSSR count). The van der Waals surface area contributed by atoms with E-state index in [9.17, 15) is 0 Å². The molecule has 0 saturated carbocycles. The van der Waals surface area contributed by atoms with E-state index in [1.54, 1.807) is 6.92 Å². The molecule has 0 heterocycles. The average Bonchev–Trinajstić information content (AvgIpc) is 2.39. The maximum Gasteiger partial charge on any atom is 0.133 e. The summed E-state index contributed by atoms with van der Waals surface area (Å²) in [5.41, 5.74) is 8.15. The minimum Gasteiger partial charge on any atom is -0.399 e. The molecule has 0 aliphatic rings. The third-order valence-electron chi connectivity index (χ3n) is 2.90. The lowest BCUT2D eigenvalue weighted by atomic mass is 9.99. The van der Waals surface area contributed by atoms with Crippen LogP contribution in [0.5, 0.6) is 0 Å². The first-order valence-corrected chi connectivity index (χ1v) is 5.46. The molecule has 3 nitrogen and oxygen atoms in total. The summed E-state index contributed by atoms with van der Waals surface area (Å²) in [5.74, 6) is 0. The normalized spacial score (nSPS) is 9.50. The first kappa shape index (κ1) is 11.7. The molecule has 2 aromatic carbocycles. The summed E-state index contributed by atoms with van der Waals surface area (Å²) in [6, 6.07) is 15.3. The fourth-order valence-corrected chi connectivity index (χ4v) is 1.83. The molecule has 0 radical (unpaired) electrons. The van der Waals surface area contributed by atoms with Gasteiger partial charge in [-0.25, -0.2) is 0 Å². The second-order valence-electron chi connectivity index (χ2n) is 4.04. The van der Waals surface area contributed by atoms with E-state index >= 15 is 0 Å². The number of nitrogens with two attached hydrogens (primary N) is 1. The van der Waals surface area contributed by atoms with Gasteiger partial charge in [0.05, 0.1) is 0 Å². The fraction of sp³-hybridized carbons (Fsp3) is 0.0667. The maximum atomic E-state index is 8.86. The lowest BCUT2D eigenvalue weighted by molar-refractivity contribution is 1.45. The Labute approximate surface area is 105 Å². The molecule has 0 spiro atoms. The zero-order valence-corrected chi connectivity index (χ0v) is 9.94. The largest absolute Gasteiger partial charge is 0.399 e. The number of nitrogen functional groups attached to an aromatic ring is 1. The van der Waals surface area contributed by atoms with Gasteiger partial charge in [0.25, 0.3) is 0 Å². The highest BCUT2D eigenvalue weighted by Gasteiger charge is 2.04. The molecular formula is C15H11N3. The maximum absolute atomic E-state index is 8.86. The molecule has 0 unspecified atom stereocenters. The number of fused-ring (bicyclic) bond motifs is 1. The lowest BCUT2D eigenvalue weighted by Gasteiger charge is -2.05. The fourth-order valence-electron chi connectivity index (χ4n) is 1.83. The standard InChI is InChI=1S/C15H11N3/c1-10(14(8-16)9-17)11-2-3-13-7-15(18)5-4-12(13)6-11/h2-7H,18H2,1H3. The van der Waals surface area contributed by atoms with Crippen molar-refractivity contribution in [2.75, 3.05) is 5.73 Å².